The van der Waals surface area contributed by atoms with Gasteiger partial charge in [0.25, 0.3) is 5.91 Å². The molecule has 4 aromatic rings. The molecule has 0 saturated carbocycles. The zero-order valence-corrected chi connectivity index (χ0v) is 17.1. The fourth-order valence-corrected chi connectivity index (χ4v) is 3.96. The number of hydrogen-bond donors (Lipinski definition) is 1. The predicted molar refractivity (Wildman–Crippen MR) is 115 cm³/mol. The van der Waals surface area contributed by atoms with Gasteiger partial charge in [-0.3, -0.25) is 9.89 Å². The Morgan fingerprint density at radius 3 is 2.65 bits per heavy atom. The topological polar surface area (TPSA) is 92.6 Å². The zero-order chi connectivity index (χ0) is 21.0. The summed E-state index contributed by atoms with van der Waals surface area (Å²) in [6.07, 6.45) is 3.60. The number of benzene rings is 2. The van der Waals surface area contributed by atoms with Crippen molar-refractivity contribution in [3.05, 3.63) is 83.9 Å². The molecule has 5 rings (SSSR count). The van der Waals surface area contributed by atoms with E-state index in [4.69, 9.17) is 0 Å². The van der Waals surface area contributed by atoms with E-state index in [-0.39, 0.29) is 11.8 Å². The summed E-state index contributed by atoms with van der Waals surface area (Å²) in [4.78, 5) is 19.6. The van der Waals surface area contributed by atoms with Crippen molar-refractivity contribution < 1.29 is 4.79 Å². The quantitative estimate of drug-likeness (QED) is 0.543. The van der Waals surface area contributed by atoms with Crippen LogP contribution in [0.2, 0.25) is 0 Å². The molecule has 0 radical (unpaired) electrons. The summed E-state index contributed by atoms with van der Waals surface area (Å²) in [5.41, 5.74) is 2.46. The van der Waals surface area contributed by atoms with E-state index >= 15 is 0 Å². The third-order valence-corrected chi connectivity index (χ3v) is 5.58. The van der Waals surface area contributed by atoms with Gasteiger partial charge in [-0.05, 0) is 18.4 Å². The zero-order valence-electron chi connectivity index (χ0n) is 17.1. The summed E-state index contributed by atoms with van der Waals surface area (Å²) in [6, 6.07) is 19.9. The smallest absolute Gasteiger partial charge is 0.276 e. The molecule has 1 unspecified atom stereocenters. The van der Waals surface area contributed by atoms with Crippen molar-refractivity contribution in [2.24, 2.45) is 0 Å². The van der Waals surface area contributed by atoms with Crippen LogP contribution >= 0.6 is 0 Å². The lowest BCUT2D eigenvalue weighted by Gasteiger charge is -2.31. The van der Waals surface area contributed by atoms with E-state index in [1.807, 2.05) is 65.6 Å². The number of nitrogens with zero attached hydrogens (tertiary/aromatic N) is 6. The average Bonchev–Trinajstić information content (AvgIpc) is 3.50. The van der Waals surface area contributed by atoms with Crippen LogP contribution in [0.3, 0.4) is 0 Å². The Morgan fingerprint density at radius 1 is 1.06 bits per heavy atom. The highest BCUT2D eigenvalue weighted by Crippen LogP contribution is 2.26. The van der Waals surface area contributed by atoms with Gasteiger partial charge in [0.15, 0.2) is 11.5 Å². The molecule has 1 aliphatic rings. The standard InChI is InChI=1S/C23H23N7O/c31-23(20-16-30(28-25-20)14-17-8-3-1-4-9-17)29-13-7-12-19(15-29)22-24-21(26-27-22)18-10-5-2-6-11-18/h1-6,8-11,16,19H,7,12-15H2,(H,24,26,27). The molecule has 1 atom stereocenters. The molecule has 0 aliphatic carbocycles. The molecule has 1 N–H and O–H groups in total. The lowest BCUT2D eigenvalue weighted by molar-refractivity contribution is 0.0698. The SMILES string of the molecule is O=C(c1cn(Cc2ccccc2)nn1)N1CCCC(c2nc(-c3ccccc3)n[nH]2)C1. The van der Waals surface area contributed by atoms with Gasteiger partial charge in [0.05, 0.1) is 12.7 Å². The Morgan fingerprint density at radius 2 is 1.84 bits per heavy atom. The van der Waals surface area contributed by atoms with Crippen LogP contribution in [0, 0.1) is 0 Å². The van der Waals surface area contributed by atoms with E-state index in [1.165, 1.54) is 0 Å². The summed E-state index contributed by atoms with van der Waals surface area (Å²) in [5, 5.41) is 15.7. The van der Waals surface area contributed by atoms with Gasteiger partial charge >= 0.3 is 0 Å². The molecule has 1 saturated heterocycles. The van der Waals surface area contributed by atoms with Gasteiger partial charge in [-0.25, -0.2) is 9.67 Å². The number of aromatic nitrogens is 6. The normalized spacial score (nSPS) is 16.4. The van der Waals surface area contributed by atoms with Gasteiger partial charge in [0.2, 0.25) is 0 Å². The lowest BCUT2D eigenvalue weighted by Crippen LogP contribution is -2.39. The van der Waals surface area contributed by atoms with Crippen LogP contribution in [0.4, 0.5) is 0 Å². The first-order valence-electron chi connectivity index (χ1n) is 10.5. The van der Waals surface area contributed by atoms with Crippen molar-refractivity contribution in [2.75, 3.05) is 13.1 Å². The number of rotatable bonds is 5. The van der Waals surface area contributed by atoms with Crippen molar-refractivity contribution in [3.63, 3.8) is 0 Å². The van der Waals surface area contributed by atoms with Crippen LogP contribution in [0.5, 0.6) is 0 Å². The van der Waals surface area contributed by atoms with E-state index in [2.05, 4.69) is 25.5 Å². The molecule has 8 nitrogen and oxygen atoms in total. The molecular weight excluding hydrogens is 390 g/mol. The van der Waals surface area contributed by atoms with Crippen LogP contribution in [0.15, 0.2) is 66.9 Å². The second-order valence-electron chi connectivity index (χ2n) is 7.79. The molecule has 1 fully saturated rings. The fourth-order valence-electron chi connectivity index (χ4n) is 3.96. The first-order valence-corrected chi connectivity index (χ1v) is 10.5. The summed E-state index contributed by atoms with van der Waals surface area (Å²) >= 11 is 0. The minimum atomic E-state index is -0.0909. The Kier molecular flexibility index (Phi) is 5.26. The predicted octanol–water partition coefficient (Wildman–Crippen LogP) is 3.13. The van der Waals surface area contributed by atoms with Crippen molar-refractivity contribution in [2.45, 2.75) is 25.3 Å². The molecule has 0 spiro atoms. The van der Waals surface area contributed by atoms with E-state index in [0.29, 0.717) is 31.2 Å². The Bertz CT molecular complexity index is 1150. The molecule has 0 bridgehead atoms. The largest absolute Gasteiger partial charge is 0.336 e. The maximum Gasteiger partial charge on any atom is 0.276 e. The number of piperidine rings is 1. The van der Waals surface area contributed by atoms with Crippen LogP contribution in [0.1, 0.15) is 40.6 Å². The van der Waals surface area contributed by atoms with Crippen molar-refractivity contribution in [1.29, 1.82) is 0 Å². The number of amides is 1. The molecule has 156 valence electrons. The molecule has 3 heterocycles. The van der Waals surface area contributed by atoms with E-state index in [1.54, 1.807) is 10.9 Å². The Hall–Kier alpha value is -3.81. The number of likely N-dealkylation sites (tertiary alicyclic amines) is 1. The number of hydrogen-bond acceptors (Lipinski definition) is 5. The van der Waals surface area contributed by atoms with E-state index < -0.39 is 0 Å². The molecule has 2 aromatic carbocycles. The second-order valence-corrected chi connectivity index (χ2v) is 7.79. The highest BCUT2D eigenvalue weighted by atomic mass is 16.2. The van der Waals surface area contributed by atoms with Gasteiger partial charge in [0.1, 0.15) is 5.82 Å². The molecule has 8 heteroatoms. The maximum atomic E-state index is 13.0. The Labute approximate surface area is 179 Å². The van der Waals surface area contributed by atoms with Gasteiger partial charge < -0.3 is 4.90 Å². The van der Waals surface area contributed by atoms with E-state index in [9.17, 15) is 4.79 Å². The van der Waals surface area contributed by atoms with Crippen molar-refractivity contribution in [3.8, 4) is 11.4 Å². The first kappa shape index (κ1) is 19.2. The number of carbonyl (C=O) groups excluding carboxylic acids is 1. The monoisotopic (exact) mass is 413 g/mol. The van der Waals surface area contributed by atoms with Gasteiger partial charge in [-0.2, -0.15) is 5.10 Å². The summed E-state index contributed by atoms with van der Waals surface area (Å²) < 4.78 is 1.70. The average molecular weight is 413 g/mol. The summed E-state index contributed by atoms with van der Waals surface area (Å²) in [6.45, 7) is 1.89. The third-order valence-electron chi connectivity index (χ3n) is 5.58. The molecular formula is C23H23N7O. The first-order chi connectivity index (χ1) is 15.3. The van der Waals surface area contributed by atoms with Crippen LogP contribution in [-0.4, -0.2) is 54.1 Å². The molecule has 1 amide bonds. The Balaban J connectivity index is 1.26. The van der Waals surface area contributed by atoms with Crippen LogP contribution in [-0.2, 0) is 6.54 Å². The van der Waals surface area contributed by atoms with Crippen molar-refractivity contribution >= 4 is 5.91 Å². The molecule has 2 aromatic heterocycles. The second kappa shape index (κ2) is 8.51. The minimum Gasteiger partial charge on any atom is -0.336 e. The summed E-state index contributed by atoms with van der Waals surface area (Å²) in [5.74, 6) is 1.54. The highest BCUT2D eigenvalue weighted by Gasteiger charge is 2.29. The number of carbonyl (C=O) groups is 1. The van der Waals surface area contributed by atoms with E-state index in [0.717, 1.165) is 29.8 Å². The summed E-state index contributed by atoms with van der Waals surface area (Å²) in [7, 11) is 0. The van der Waals surface area contributed by atoms with Crippen molar-refractivity contribution in [1.82, 2.24) is 35.1 Å². The third kappa shape index (κ3) is 4.23. The van der Waals surface area contributed by atoms with Crippen LogP contribution in [0.25, 0.3) is 11.4 Å². The number of aromatic amines is 1. The number of nitrogens with one attached hydrogen (secondary N) is 1. The maximum absolute atomic E-state index is 13.0. The lowest BCUT2D eigenvalue weighted by atomic mass is 9.97. The van der Waals surface area contributed by atoms with Gasteiger partial charge in [0, 0.05) is 24.6 Å². The molecule has 31 heavy (non-hydrogen) atoms. The fraction of sp³-hybridized carbons (Fsp3) is 0.261. The van der Waals surface area contributed by atoms with Gasteiger partial charge in [-0.15, -0.1) is 5.10 Å². The number of H-pyrrole nitrogens is 1. The minimum absolute atomic E-state index is 0.0909. The van der Waals surface area contributed by atoms with Crippen LogP contribution < -0.4 is 0 Å². The van der Waals surface area contributed by atoms with Gasteiger partial charge in [-0.1, -0.05) is 65.9 Å². The molecule has 1 aliphatic heterocycles. The highest BCUT2D eigenvalue weighted by molar-refractivity contribution is 5.92.